The van der Waals surface area contributed by atoms with Crippen LogP contribution in [0.25, 0.3) is 28.1 Å². The summed E-state index contributed by atoms with van der Waals surface area (Å²) in [6.07, 6.45) is 10.4. The number of nitrogens with zero attached hydrogens (tertiary/aromatic N) is 6. The van der Waals surface area contributed by atoms with E-state index in [9.17, 15) is 4.39 Å². The van der Waals surface area contributed by atoms with Gasteiger partial charge in [0.2, 0.25) is 11.9 Å². The van der Waals surface area contributed by atoms with Crippen molar-refractivity contribution in [3.05, 3.63) is 48.8 Å². The molecule has 1 fully saturated rings. The molecule has 7 nitrogen and oxygen atoms in total. The molecule has 142 valence electrons. The number of nitrogen functional groups attached to an aromatic ring is 1. The van der Waals surface area contributed by atoms with Gasteiger partial charge in [0, 0.05) is 23.4 Å². The average Bonchev–Trinajstić information content (AvgIpc) is 3.32. The number of imidazole rings is 1. The summed E-state index contributed by atoms with van der Waals surface area (Å²) in [6, 6.07) is 6.99. The summed E-state index contributed by atoms with van der Waals surface area (Å²) >= 11 is 0. The van der Waals surface area contributed by atoms with Gasteiger partial charge in [-0.3, -0.25) is 4.98 Å². The van der Waals surface area contributed by atoms with Crippen LogP contribution in [0.2, 0.25) is 0 Å². The maximum atomic E-state index is 14.6. The summed E-state index contributed by atoms with van der Waals surface area (Å²) in [7, 11) is 0. The smallest absolute Gasteiger partial charge is 0.235 e. The average molecular weight is 377 g/mol. The number of fused-ring (bicyclic) bond motifs is 1. The Hall–Kier alpha value is -3.29. The molecule has 0 atom stereocenters. The Labute approximate surface area is 161 Å². The first-order valence-corrected chi connectivity index (χ1v) is 9.51. The van der Waals surface area contributed by atoms with Crippen molar-refractivity contribution in [3.8, 4) is 17.1 Å². The lowest BCUT2D eigenvalue weighted by molar-refractivity contribution is 0.356. The number of aromatic nitrogens is 6. The van der Waals surface area contributed by atoms with E-state index in [1.165, 1.54) is 18.8 Å². The van der Waals surface area contributed by atoms with Crippen LogP contribution < -0.4 is 5.73 Å². The molecule has 0 amide bonds. The topological polar surface area (TPSA) is 87.4 Å². The number of halogens is 1. The van der Waals surface area contributed by atoms with Gasteiger partial charge in [-0.15, -0.1) is 0 Å². The summed E-state index contributed by atoms with van der Waals surface area (Å²) in [5.41, 5.74) is 8.81. The Kier molecular flexibility index (Phi) is 4.03. The van der Waals surface area contributed by atoms with Gasteiger partial charge in [0.1, 0.15) is 17.7 Å². The Morgan fingerprint density at radius 3 is 2.61 bits per heavy atom. The lowest BCUT2D eigenvalue weighted by atomic mass is 9.95. The van der Waals surface area contributed by atoms with Crippen LogP contribution in [0.4, 0.5) is 10.3 Å². The third-order valence-electron chi connectivity index (χ3n) is 5.44. The highest BCUT2D eigenvalue weighted by Gasteiger charge is 2.26. The zero-order chi connectivity index (χ0) is 19.1. The van der Waals surface area contributed by atoms with Gasteiger partial charge >= 0.3 is 0 Å². The Bertz CT molecular complexity index is 1140. The van der Waals surface area contributed by atoms with Crippen molar-refractivity contribution in [2.45, 2.75) is 38.1 Å². The summed E-state index contributed by atoms with van der Waals surface area (Å²) in [6.45, 7) is 0. The predicted molar refractivity (Wildman–Crippen MR) is 104 cm³/mol. The fraction of sp³-hybridized carbons (Fsp3) is 0.300. The van der Waals surface area contributed by atoms with Crippen molar-refractivity contribution in [1.82, 2.24) is 29.3 Å². The van der Waals surface area contributed by atoms with Crippen molar-refractivity contribution in [2.75, 3.05) is 5.73 Å². The van der Waals surface area contributed by atoms with Crippen molar-refractivity contribution >= 4 is 17.0 Å². The fourth-order valence-electron chi connectivity index (χ4n) is 4.16. The molecule has 1 aliphatic carbocycles. The van der Waals surface area contributed by atoms with E-state index in [0.717, 1.165) is 36.8 Å². The van der Waals surface area contributed by atoms with Gasteiger partial charge in [-0.1, -0.05) is 37.5 Å². The first-order valence-electron chi connectivity index (χ1n) is 9.51. The monoisotopic (exact) mass is 377 g/mol. The van der Waals surface area contributed by atoms with Crippen LogP contribution >= 0.6 is 0 Å². The van der Waals surface area contributed by atoms with Gasteiger partial charge in [-0.2, -0.15) is 14.8 Å². The minimum absolute atomic E-state index is 0.241. The molecule has 8 heteroatoms. The fourth-order valence-corrected chi connectivity index (χ4v) is 4.16. The first-order chi connectivity index (χ1) is 13.7. The Balaban J connectivity index is 1.83. The highest BCUT2D eigenvalue weighted by atomic mass is 19.1. The molecule has 0 radical (unpaired) electrons. The van der Waals surface area contributed by atoms with Crippen molar-refractivity contribution < 1.29 is 4.39 Å². The van der Waals surface area contributed by atoms with Crippen LogP contribution in [0.5, 0.6) is 0 Å². The molecule has 3 aromatic heterocycles. The van der Waals surface area contributed by atoms with E-state index in [4.69, 9.17) is 10.7 Å². The first kappa shape index (κ1) is 16.9. The minimum Gasteiger partial charge on any atom is -0.368 e. The van der Waals surface area contributed by atoms with E-state index in [1.54, 1.807) is 29.2 Å². The van der Waals surface area contributed by atoms with Crippen LogP contribution in [0, 0.1) is 5.82 Å². The second-order valence-corrected chi connectivity index (χ2v) is 7.14. The van der Waals surface area contributed by atoms with Crippen LogP contribution in [0.3, 0.4) is 0 Å². The highest BCUT2D eigenvalue weighted by molar-refractivity contribution is 5.92. The SMILES string of the molecule is Nc1ncnn1-c1nc2cncc(-c3ccccc3F)c2n1C1CCCCC1. The van der Waals surface area contributed by atoms with Crippen LogP contribution in [0.1, 0.15) is 38.1 Å². The molecule has 28 heavy (non-hydrogen) atoms. The van der Waals surface area contributed by atoms with Gasteiger partial charge in [0.15, 0.2) is 0 Å². The third kappa shape index (κ3) is 2.64. The standard InChI is InChI=1S/C20H20FN7/c21-16-9-5-4-8-14(16)15-10-23-11-17-18(15)27(13-6-2-1-3-7-13)20(26-17)28-19(22)24-12-25-28/h4-5,8-13H,1-3,6-7H2,(H2,22,24,25). The highest BCUT2D eigenvalue weighted by Crippen LogP contribution is 2.38. The molecule has 5 rings (SSSR count). The van der Waals surface area contributed by atoms with E-state index < -0.39 is 0 Å². The third-order valence-corrected chi connectivity index (χ3v) is 5.44. The van der Waals surface area contributed by atoms with Crippen LogP contribution in [-0.4, -0.2) is 29.3 Å². The molecule has 0 aliphatic heterocycles. The lowest BCUT2D eigenvalue weighted by Gasteiger charge is -2.26. The number of hydrogen-bond donors (Lipinski definition) is 1. The van der Waals surface area contributed by atoms with E-state index in [0.29, 0.717) is 17.0 Å². The normalized spacial score (nSPS) is 15.3. The molecule has 1 aliphatic rings. The van der Waals surface area contributed by atoms with Gasteiger partial charge in [0.05, 0.1) is 11.7 Å². The lowest BCUT2D eigenvalue weighted by Crippen LogP contribution is -2.18. The Morgan fingerprint density at radius 1 is 1.04 bits per heavy atom. The summed E-state index contributed by atoms with van der Waals surface area (Å²) < 4.78 is 18.3. The van der Waals surface area contributed by atoms with Gasteiger partial charge in [0.25, 0.3) is 0 Å². The summed E-state index contributed by atoms with van der Waals surface area (Å²) in [5, 5.41) is 4.26. The largest absolute Gasteiger partial charge is 0.368 e. The number of anilines is 1. The summed E-state index contributed by atoms with van der Waals surface area (Å²) in [4.78, 5) is 13.1. The maximum Gasteiger partial charge on any atom is 0.235 e. The molecule has 1 saturated carbocycles. The van der Waals surface area contributed by atoms with E-state index in [2.05, 4.69) is 19.6 Å². The van der Waals surface area contributed by atoms with Crippen LogP contribution in [-0.2, 0) is 0 Å². The second-order valence-electron chi connectivity index (χ2n) is 7.14. The minimum atomic E-state index is -0.282. The zero-order valence-corrected chi connectivity index (χ0v) is 15.3. The quantitative estimate of drug-likeness (QED) is 0.585. The van der Waals surface area contributed by atoms with Crippen molar-refractivity contribution in [2.24, 2.45) is 0 Å². The van der Waals surface area contributed by atoms with Gasteiger partial charge < -0.3 is 10.3 Å². The van der Waals surface area contributed by atoms with Crippen molar-refractivity contribution in [3.63, 3.8) is 0 Å². The number of hydrogen-bond acceptors (Lipinski definition) is 5. The van der Waals surface area contributed by atoms with Gasteiger partial charge in [-0.05, 0) is 18.9 Å². The zero-order valence-electron chi connectivity index (χ0n) is 15.3. The predicted octanol–water partition coefficient (Wildman–Crippen LogP) is 3.91. The van der Waals surface area contributed by atoms with Gasteiger partial charge in [-0.25, -0.2) is 9.37 Å². The molecular formula is C20H20FN7. The van der Waals surface area contributed by atoms with Crippen LogP contribution in [0.15, 0.2) is 43.0 Å². The Morgan fingerprint density at radius 2 is 1.86 bits per heavy atom. The summed E-state index contributed by atoms with van der Waals surface area (Å²) in [5.74, 6) is 0.588. The molecule has 0 bridgehead atoms. The van der Waals surface area contributed by atoms with E-state index >= 15 is 0 Å². The molecule has 2 N–H and O–H groups in total. The number of rotatable bonds is 3. The molecule has 1 aromatic carbocycles. The molecule has 3 heterocycles. The number of nitrogens with two attached hydrogens (primary N) is 1. The van der Waals surface area contributed by atoms with E-state index in [1.807, 2.05) is 6.07 Å². The molecule has 0 unspecified atom stereocenters. The van der Waals surface area contributed by atoms with Crippen molar-refractivity contribution in [1.29, 1.82) is 0 Å². The van der Waals surface area contributed by atoms with E-state index in [-0.39, 0.29) is 17.8 Å². The number of pyridine rings is 1. The number of benzene rings is 1. The molecule has 4 aromatic rings. The molecule has 0 saturated heterocycles. The molecular weight excluding hydrogens is 357 g/mol. The second kappa shape index (κ2) is 6.70. The maximum absolute atomic E-state index is 14.6. The molecule has 0 spiro atoms.